The van der Waals surface area contributed by atoms with Gasteiger partial charge in [0, 0.05) is 24.2 Å². The van der Waals surface area contributed by atoms with Gasteiger partial charge in [-0.05, 0) is 60.5 Å². The number of nitrogens with zero attached hydrogens (tertiary/aromatic N) is 1. The maximum atomic E-state index is 14.9. The third kappa shape index (κ3) is 6.37. The van der Waals surface area contributed by atoms with Crippen molar-refractivity contribution < 1.29 is 31.5 Å². The minimum Gasteiger partial charge on any atom is -0.494 e. The van der Waals surface area contributed by atoms with Crippen molar-refractivity contribution in [2.45, 2.75) is 25.1 Å². The standard InChI is InChI=1S/C29H22ClF5N2O2/c1-2-39-23-14-20(13-22(31)15-23)28(16-18-6-4-3-5-7-18,26-11-9-21(30)17-36-26)37-27(38)19-8-10-25(32)24(12-19)29(33,34)35/h3-15,17H,2,16H2,1H3,(H,37,38). The predicted octanol–water partition coefficient (Wildman–Crippen LogP) is 7.35. The summed E-state index contributed by atoms with van der Waals surface area (Å²) in [4.78, 5) is 18.0. The lowest BCUT2D eigenvalue weighted by Crippen LogP contribution is -2.49. The number of pyridine rings is 1. The molecular weight excluding hydrogens is 539 g/mol. The molecule has 0 aliphatic rings. The number of carbonyl (C=O) groups is 1. The SMILES string of the molecule is CCOc1cc(F)cc(C(Cc2ccccc2)(NC(=O)c2ccc(F)c(C(F)(F)F)c2)c2ccc(Cl)cn2)c1. The number of benzene rings is 3. The Hall–Kier alpha value is -3.98. The van der Waals surface area contributed by atoms with Crippen molar-refractivity contribution in [2.24, 2.45) is 0 Å². The third-order valence-electron chi connectivity index (χ3n) is 6.01. The zero-order valence-electron chi connectivity index (χ0n) is 20.5. The van der Waals surface area contributed by atoms with Crippen LogP contribution in [0.15, 0.2) is 85.1 Å². The van der Waals surface area contributed by atoms with Crippen LogP contribution in [0, 0.1) is 11.6 Å². The molecule has 1 N–H and O–H groups in total. The van der Waals surface area contributed by atoms with Crippen LogP contribution >= 0.6 is 11.6 Å². The summed E-state index contributed by atoms with van der Waals surface area (Å²) in [5.74, 6) is -2.97. The van der Waals surface area contributed by atoms with Crippen LogP contribution in [0.3, 0.4) is 0 Å². The van der Waals surface area contributed by atoms with E-state index in [1.807, 2.05) is 0 Å². The van der Waals surface area contributed by atoms with E-state index in [1.165, 1.54) is 36.5 Å². The number of alkyl halides is 3. The molecule has 0 saturated heterocycles. The van der Waals surface area contributed by atoms with Gasteiger partial charge >= 0.3 is 6.18 Å². The first-order chi connectivity index (χ1) is 18.5. The van der Waals surface area contributed by atoms with Gasteiger partial charge in [0.1, 0.15) is 22.9 Å². The second-order valence-electron chi connectivity index (χ2n) is 8.68. The van der Waals surface area contributed by atoms with Crippen molar-refractivity contribution in [2.75, 3.05) is 6.61 Å². The molecule has 0 radical (unpaired) electrons. The molecule has 4 nitrogen and oxygen atoms in total. The maximum Gasteiger partial charge on any atom is 0.419 e. The Bertz CT molecular complexity index is 1460. The molecule has 1 heterocycles. The van der Waals surface area contributed by atoms with Gasteiger partial charge in [0.25, 0.3) is 5.91 Å². The molecule has 1 aromatic heterocycles. The van der Waals surface area contributed by atoms with Crippen LogP contribution in [0.5, 0.6) is 5.75 Å². The van der Waals surface area contributed by atoms with Crippen LogP contribution in [0.4, 0.5) is 22.0 Å². The minimum atomic E-state index is -5.02. The van der Waals surface area contributed by atoms with Crippen LogP contribution < -0.4 is 10.1 Å². The topological polar surface area (TPSA) is 51.2 Å². The van der Waals surface area contributed by atoms with Gasteiger partial charge in [-0.2, -0.15) is 13.2 Å². The van der Waals surface area contributed by atoms with Crippen LogP contribution in [0.1, 0.15) is 39.7 Å². The van der Waals surface area contributed by atoms with Crippen molar-refractivity contribution in [3.63, 3.8) is 0 Å². The van der Waals surface area contributed by atoms with Gasteiger partial charge in [0.15, 0.2) is 0 Å². The summed E-state index contributed by atoms with van der Waals surface area (Å²) in [6.07, 6.45) is -3.66. The molecule has 4 rings (SSSR count). The molecule has 39 heavy (non-hydrogen) atoms. The highest BCUT2D eigenvalue weighted by atomic mass is 35.5. The molecule has 0 saturated carbocycles. The molecule has 0 aliphatic carbocycles. The second kappa shape index (κ2) is 11.4. The summed E-state index contributed by atoms with van der Waals surface area (Å²) < 4.78 is 74.6. The van der Waals surface area contributed by atoms with Crippen molar-refractivity contribution in [1.29, 1.82) is 0 Å². The van der Waals surface area contributed by atoms with Gasteiger partial charge in [-0.3, -0.25) is 9.78 Å². The molecule has 202 valence electrons. The first kappa shape index (κ1) is 28.0. The lowest BCUT2D eigenvalue weighted by atomic mass is 9.80. The van der Waals surface area contributed by atoms with Crippen molar-refractivity contribution >= 4 is 17.5 Å². The molecule has 1 amide bonds. The summed E-state index contributed by atoms with van der Waals surface area (Å²) in [5.41, 5.74) is -2.49. The average molecular weight is 561 g/mol. The second-order valence-corrected chi connectivity index (χ2v) is 9.12. The van der Waals surface area contributed by atoms with Gasteiger partial charge < -0.3 is 10.1 Å². The van der Waals surface area contributed by atoms with E-state index in [0.717, 1.165) is 6.07 Å². The highest BCUT2D eigenvalue weighted by Gasteiger charge is 2.40. The van der Waals surface area contributed by atoms with Crippen LogP contribution in [-0.4, -0.2) is 17.5 Å². The molecule has 3 aromatic carbocycles. The Balaban J connectivity index is 1.94. The Morgan fingerprint density at radius 1 is 0.974 bits per heavy atom. The predicted molar refractivity (Wildman–Crippen MR) is 137 cm³/mol. The Morgan fingerprint density at radius 3 is 2.36 bits per heavy atom. The van der Waals surface area contributed by atoms with Crippen molar-refractivity contribution in [1.82, 2.24) is 10.3 Å². The normalized spacial score (nSPS) is 13.0. The van der Waals surface area contributed by atoms with Gasteiger partial charge in [0.05, 0.1) is 22.9 Å². The van der Waals surface area contributed by atoms with Gasteiger partial charge in [-0.1, -0.05) is 41.9 Å². The molecule has 4 aromatic rings. The molecule has 1 unspecified atom stereocenters. The summed E-state index contributed by atoms with van der Waals surface area (Å²) in [7, 11) is 0. The van der Waals surface area contributed by atoms with E-state index in [9.17, 15) is 26.7 Å². The van der Waals surface area contributed by atoms with E-state index < -0.39 is 40.4 Å². The molecule has 0 aliphatic heterocycles. The van der Waals surface area contributed by atoms with Crippen LogP contribution in [0.25, 0.3) is 0 Å². The number of hydrogen-bond donors (Lipinski definition) is 1. The number of halogens is 6. The number of amides is 1. The first-order valence-corrected chi connectivity index (χ1v) is 12.2. The van der Waals surface area contributed by atoms with Gasteiger partial charge in [-0.25, -0.2) is 8.78 Å². The van der Waals surface area contributed by atoms with Gasteiger partial charge in [0.2, 0.25) is 0 Å². The number of aromatic nitrogens is 1. The number of rotatable bonds is 8. The van der Waals surface area contributed by atoms with E-state index >= 15 is 0 Å². The van der Waals surface area contributed by atoms with E-state index in [-0.39, 0.29) is 30.0 Å². The summed E-state index contributed by atoms with van der Waals surface area (Å²) >= 11 is 6.06. The Kier molecular flexibility index (Phi) is 8.20. The quantitative estimate of drug-likeness (QED) is 0.229. The van der Waals surface area contributed by atoms with Crippen molar-refractivity contribution in [3.05, 3.63) is 130 Å². The monoisotopic (exact) mass is 560 g/mol. The summed E-state index contributed by atoms with van der Waals surface area (Å²) in [6.45, 7) is 1.95. The molecule has 0 bridgehead atoms. The fourth-order valence-electron chi connectivity index (χ4n) is 4.26. The van der Waals surface area contributed by atoms with E-state index in [2.05, 4.69) is 10.3 Å². The van der Waals surface area contributed by atoms with Crippen molar-refractivity contribution in [3.8, 4) is 5.75 Å². The minimum absolute atomic E-state index is 0.0244. The highest BCUT2D eigenvalue weighted by molar-refractivity contribution is 6.30. The first-order valence-electron chi connectivity index (χ1n) is 11.8. The number of hydrogen-bond acceptors (Lipinski definition) is 3. The third-order valence-corrected chi connectivity index (χ3v) is 6.24. The fraction of sp³-hybridized carbons (Fsp3) is 0.172. The van der Waals surface area contributed by atoms with E-state index in [0.29, 0.717) is 22.7 Å². The number of carbonyl (C=O) groups excluding carboxylic acids is 1. The molecule has 0 spiro atoms. The molecule has 1 atom stereocenters. The average Bonchev–Trinajstić information content (AvgIpc) is 2.88. The van der Waals surface area contributed by atoms with Crippen LogP contribution in [-0.2, 0) is 18.1 Å². The lowest BCUT2D eigenvalue weighted by molar-refractivity contribution is -0.140. The smallest absolute Gasteiger partial charge is 0.419 e. The van der Waals surface area contributed by atoms with Gasteiger partial charge in [-0.15, -0.1) is 0 Å². The fourth-order valence-corrected chi connectivity index (χ4v) is 4.37. The summed E-state index contributed by atoms with van der Waals surface area (Å²) in [5, 5.41) is 3.08. The zero-order chi connectivity index (χ0) is 28.2. The molecule has 10 heteroatoms. The maximum absolute atomic E-state index is 14.9. The highest BCUT2D eigenvalue weighted by Crippen LogP contribution is 2.37. The summed E-state index contributed by atoms with van der Waals surface area (Å²) in [6, 6.07) is 17.8. The van der Waals surface area contributed by atoms with Crippen LogP contribution in [0.2, 0.25) is 5.02 Å². The van der Waals surface area contributed by atoms with E-state index in [4.69, 9.17) is 16.3 Å². The zero-order valence-corrected chi connectivity index (χ0v) is 21.3. The van der Waals surface area contributed by atoms with E-state index in [1.54, 1.807) is 37.3 Å². The Labute approximate surface area is 226 Å². The molecular formula is C29H22ClF5N2O2. The largest absolute Gasteiger partial charge is 0.494 e. The number of ether oxygens (including phenoxy) is 1. The molecule has 0 fully saturated rings. The Morgan fingerprint density at radius 2 is 1.72 bits per heavy atom. The lowest BCUT2D eigenvalue weighted by Gasteiger charge is -2.36. The number of nitrogens with one attached hydrogen (secondary N) is 1.